The topological polar surface area (TPSA) is 60.1 Å². The number of aromatic nitrogens is 2. The molecule has 1 aliphatic rings. The predicted molar refractivity (Wildman–Crippen MR) is 128 cm³/mol. The van der Waals surface area contributed by atoms with E-state index in [-0.39, 0.29) is 17.5 Å². The fraction of sp³-hybridized carbons (Fsp3) is 0.333. The van der Waals surface area contributed by atoms with Gasteiger partial charge < -0.3 is 14.3 Å². The minimum atomic E-state index is -0.301. The van der Waals surface area contributed by atoms with Crippen molar-refractivity contribution in [2.75, 3.05) is 0 Å². The number of nitrogens with zero attached hydrogens (tertiary/aromatic N) is 2. The molecule has 1 saturated carbocycles. The minimum Gasteiger partial charge on any atom is -0.449 e. The summed E-state index contributed by atoms with van der Waals surface area (Å²) in [4.78, 5) is 17.6. The second kappa shape index (κ2) is 9.61. The number of nitrogens with one attached hydrogen (secondary N) is 1. The molecule has 0 atom stereocenters. The molecule has 0 bridgehead atoms. The van der Waals surface area contributed by atoms with Crippen LogP contribution in [0.15, 0.2) is 70.1 Å². The maximum atomic E-state index is 13.5. The van der Waals surface area contributed by atoms with Crippen LogP contribution in [0.2, 0.25) is 0 Å². The average molecular weight is 448 g/mol. The lowest BCUT2D eigenvalue weighted by Crippen LogP contribution is -2.22. The summed E-state index contributed by atoms with van der Waals surface area (Å²) < 4.78 is 21.7. The SMILES string of the molecule is CC(C)=CC(NC(=O)c1ccc(-c2c(-c3ccc(F)cc3)ncn2C2CCCC2)o1)=C(C)C. The molecule has 1 fully saturated rings. The van der Waals surface area contributed by atoms with Crippen molar-refractivity contribution in [3.8, 4) is 22.7 Å². The lowest BCUT2D eigenvalue weighted by Gasteiger charge is -2.15. The summed E-state index contributed by atoms with van der Waals surface area (Å²) in [5, 5.41) is 2.95. The van der Waals surface area contributed by atoms with Crippen LogP contribution >= 0.6 is 0 Å². The second-order valence-corrected chi connectivity index (χ2v) is 9.05. The summed E-state index contributed by atoms with van der Waals surface area (Å²) in [6, 6.07) is 10.1. The molecule has 2 heterocycles. The fourth-order valence-electron chi connectivity index (χ4n) is 4.25. The van der Waals surface area contributed by atoms with Gasteiger partial charge in [-0.1, -0.05) is 24.0 Å². The van der Waals surface area contributed by atoms with E-state index in [2.05, 4.69) is 14.9 Å². The Balaban J connectivity index is 1.71. The van der Waals surface area contributed by atoms with Crippen molar-refractivity contribution < 1.29 is 13.6 Å². The van der Waals surface area contributed by atoms with Gasteiger partial charge in [0.2, 0.25) is 0 Å². The number of imidazole rings is 1. The molecular weight excluding hydrogens is 417 g/mol. The van der Waals surface area contributed by atoms with Gasteiger partial charge in [-0.25, -0.2) is 9.37 Å². The van der Waals surface area contributed by atoms with Crippen LogP contribution in [0.4, 0.5) is 4.39 Å². The van der Waals surface area contributed by atoms with Crippen LogP contribution in [-0.2, 0) is 0 Å². The Hall–Kier alpha value is -3.41. The van der Waals surface area contributed by atoms with Crippen LogP contribution in [0.3, 0.4) is 0 Å². The maximum Gasteiger partial charge on any atom is 0.291 e. The highest BCUT2D eigenvalue weighted by Crippen LogP contribution is 2.39. The highest BCUT2D eigenvalue weighted by molar-refractivity contribution is 5.94. The molecule has 5 nitrogen and oxygen atoms in total. The number of rotatable bonds is 6. The summed E-state index contributed by atoms with van der Waals surface area (Å²) >= 11 is 0. The number of benzene rings is 1. The first kappa shape index (κ1) is 22.8. The number of carbonyl (C=O) groups is 1. The Bertz CT molecular complexity index is 1200. The summed E-state index contributed by atoms with van der Waals surface area (Å²) in [5.74, 6) is 0.212. The third kappa shape index (κ3) is 5.00. The molecule has 33 heavy (non-hydrogen) atoms. The Kier molecular flexibility index (Phi) is 6.63. The zero-order valence-electron chi connectivity index (χ0n) is 19.6. The maximum absolute atomic E-state index is 13.5. The van der Waals surface area contributed by atoms with E-state index in [0.29, 0.717) is 11.8 Å². The number of hydrogen-bond acceptors (Lipinski definition) is 3. The minimum absolute atomic E-state index is 0.232. The molecule has 0 radical (unpaired) electrons. The van der Waals surface area contributed by atoms with Crippen molar-refractivity contribution in [1.29, 1.82) is 0 Å². The van der Waals surface area contributed by atoms with Gasteiger partial charge in [0.1, 0.15) is 11.5 Å². The van der Waals surface area contributed by atoms with Crippen molar-refractivity contribution in [3.05, 3.63) is 77.2 Å². The van der Waals surface area contributed by atoms with Gasteiger partial charge in [-0.05, 0) is 83.0 Å². The smallest absolute Gasteiger partial charge is 0.291 e. The Labute approximate surface area is 194 Å². The normalized spacial score (nSPS) is 13.7. The van der Waals surface area contributed by atoms with Crippen molar-refractivity contribution in [1.82, 2.24) is 14.9 Å². The summed E-state index contributed by atoms with van der Waals surface area (Å²) in [5.41, 5.74) is 5.21. The predicted octanol–water partition coefficient (Wildman–Crippen LogP) is 7.05. The standard InChI is InChI=1S/C27H30FN3O2/c1-17(2)15-22(18(3)4)30-27(32)24-14-13-23(33-24)26-25(19-9-11-20(28)12-10-19)29-16-31(26)21-7-5-6-8-21/h9-16,21H,5-8H2,1-4H3,(H,30,32). The van der Waals surface area contributed by atoms with Crippen LogP contribution in [0.5, 0.6) is 0 Å². The highest BCUT2D eigenvalue weighted by Gasteiger charge is 2.26. The molecule has 0 aliphatic heterocycles. The van der Waals surface area contributed by atoms with Crippen LogP contribution in [-0.4, -0.2) is 15.5 Å². The molecule has 1 amide bonds. The number of allylic oxidation sites excluding steroid dienone is 3. The van der Waals surface area contributed by atoms with E-state index in [9.17, 15) is 9.18 Å². The highest BCUT2D eigenvalue weighted by atomic mass is 19.1. The van der Waals surface area contributed by atoms with E-state index in [1.165, 1.54) is 25.0 Å². The molecule has 0 spiro atoms. The summed E-state index contributed by atoms with van der Waals surface area (Å²) in [6.45, 7) is 7.89. The Morgan fingerprint density at radius 3 is 2.42 bits per heavy atom. The van der Waals surface area contributed by atoms with E-state index in [1.807, 2.05) is 46.2 Å². The van der Waals surface area contributed by atoms with Crippen LogP contribution in [0.25, 0.3) is 22.7 Å². The van der Waals surface area contributed by atoms with Gasteiger partial charge in [-0.15, -0.1) is 0 Å². The van der Waals surface area contributed by atoms with E-state index >= 15 is 0 Å². The van der Waals surface area contributed by atoms with Gasteiger partial charge in [0.05, 0.1) is 12.0 Å². The Morgan fingerprint density at radius 2 is 1.79 bits per heavy atom. The van der Waals surface area contributed by atoms with E-state index < -0.39 is 0 Å². The number of amides is 1. The zero-order valence-corrected chi connectivity index (χ0v) is 19.6. The van der Waals surface area contributed by atoms with Gasteiger partial charge in [-0.3, -0.25) is 4.79 Å². The van der Waals surface area contributed by atoms with Crippen LogP contribution in [0, 0.1) is 5.82 Å². The molecule has 172 valence electrons. The first-order valence-corrected chi connectivity index (χ1v) is 11.4. The second-order valence-electron chi connectivity index (χ2n) is 9.05. The van der Waals surface area contributed by atoms with Crippen LogP contribution in [0.1, 0.15) is 70.0 Å². The number of halogens is 1. The Morgan fingerprint density at radius 1 is 1.09 bits per heavy atom. The van der Waals surface area contributed by atoms with Gasteiger partial charge >= 0.3 is 0 Å². The summed E-state index contributed by atoms with van der Waals surface area (Å²) in [7, 11) is 0. The van der Waals surface area contributed by atoms with Crippen LogP contribution < -0.4 is 5.32 Å². The molecule has 1 aliphatic carbocycles. The van der Waals surface area contributed by atoms with Gasteiger partial charge in [0.25, 0.3) is 5.91 Å². The van der Waals surface area contributed by atoms with Gasteiger partial charge in [0, 0.05) is 17.3 Å². The van der Waals surface area contributed by atoms with Gasteiger partial charge in [0.15, 0.2) is 11.5 Å². The fourth-order valence-corrected chi connectivity index (χ4v) is 4.25. The molecule has 1 aromatic carbocycles. The lowest BCUT2D eigenvalue weighted by molar-refractivity contribution is 0.0940. The van der Waals surface area contributed by atoms with Crippen molar-refractivity contribution in [2.45, 2.75) is 59.4 Å². The first-order valence-electron chi connectivity index (χ1n) is 11.4. The largest absolute Gasteiger partial charge is 0.449 e. The zero-order chi connectivity index (χ0) is 23.5. The van der Waals surface area contributed by atoms with Crippen molar-refractivity contribution in [2.24, 2.45) is 0 Å². The first-order chi connectivity index (χ1) is 15.8. The van der Waals surface area contributed by atoms with E-state index in [4.69, 9.17) is 4.42 Å². The lowest BCUT2D eigenvalue weighted by atomic mass is 10.1. The quantitative estimate of drug-likeness (QED) is 0.412. The number of furan rings is 1. The molecule has 3 aromatic rings. The third-order valence-corrected chi connectivity index (χ3v) is 5.91. The molecule has 4 rings (SSSR count). The third-order valence-electron chi connectivity index (χ3n) is 5.91. The van der Waals surface area contributed by atoms with E-state index in [1.54, 1.807) is 18.2 Å². The molecule has 1 N–H and O–H groups in total. The molecule has 2 aromatic heterocycles. The number of hydrogen-bond donors (Lipinski definition) is 1. The molecule has 0 saturated heterocycles. The molecule has 6 heteroatoms. The summed E-state index contributed by atoms with van der Waals surface area (Å²) in [6.07, 6.45) is 8.28. The van der Waals surface area contributed by atoms with Crippen molar-refractivity contribution >= 4 is 5.91 Å². The number of carbonyl (C=O) groups excluding carboxylic acids is 1. The van der Waals surface area contributed by atoms with E-state index in [0.717, 1.165) is 46.6 Å². The monoisotopic (exact) mass is 447 g/mol. The molecular formula is C27H30FN3O2. The van der Waals surface area contributed by atoms with Gasteiger partial charge in [-0.2, -0.15) is 0 Å². The average Bonchev–Trinajstić information content (AvgIpc) is 3.52. The molecule has 0 unspecified atom stereocenters. The van der Waals surface area contributed by atoms with Crippen molar-refractivity contribution in [3.63, 3.8) is 0 Å².